The first kappa shape index (κ1) is 14.1. The number of aryl methyl sites for hydroxylation is 1. The second-order valence-electron chi connectivity index (χ2n) is 5.45. The van der Waals surface area contributed by atoms with E-state index in [-0.39, 0.29) is 12.5 Å². The summed E-state index contributed by atoms with van der Waals surface area (Å²) in [6.07, 6.45) is 1.90. The lowest BCUT2D eigenvalue weighted by molar-refractivity contribution is 0.174. The number of hydrogen-bond acceptors (Lipinski definition) is 5. The lowest BCUT2D eigenvalue weighted by Gasteiger charge is -2.19. The molecule has 0 saturated heterocycles. The molecule has 0 unspecified atom stereocenters. The highest BCUT2D eigenvalue weighted by molar-refractivity contribution is 7.81. The van der Waals surface area contributed by atoms with Gasteiger partial charge in [0.2, 0.25) is 6.79 Å². The molecule has 23 heavy (non-hydrogen) atoms. The molecule has 2 aromatic rings. The van der Waals surface area contributed by atoms with Crippen molar-refractivity contribution in [2.75, 3.05) is 18.7 Å². The monoisotopic (exact) mass is 329 g/mol. The summed E-state index contributed by atoms with van der Waals surface area (Å²) in [6.45, 7) is 0.917. The molecule has 0 bridgehead atoms. The summed E-state index contributed by atoms with van der Waals surface area (Å²) in [6, 6.07) is 9.04. The van der Waals surface area contributed by atoms with Gasteiger partial charge in [-0.15, -0.1) is 0 Å². The predicted molar refractivity (Wildman–Crippen MR) is 89.8 cm³/mol. The summed E-state index contributed by atoms with van der Waals surface area (Å²) in [5.74, 6) is 2.25. The number of benzene rings is 2. The highest BCUT2D eigenvalue weighted by Crippen LogP contribution is 2.35. The highest BCUT2D eigenvalue weighted by atomic mass is 32.1. The van der Waals surface area contributed by atoms with E-state index in [9.17, 15) is 5.11 Å². The maximum absolute atomic E-state index is 10.2. The van der Waals surface area contributed by atoms with Gasteiger partial charge >= 0.3 is 0 Å². The van der Waals surface area contributed by atoms with Crippen LogP contribution in [0.25, 0.3) is 0 Å². The molecule has 5 nitrogen and oxygen atoms in total. The summed E-state index contributed by atoms with van der Waals surface area (Å²) in [4.78, 5) is 0.453. The van der Waals surface area contributed by atoms with Gasteiger partial charge in [0, 0.05) is 17.8 Å². The van der Waals surface area contributed by atoms with Crippen molar-refractivity contribution in [2.24, 2.45) is 0 Å². The van der Waals surface area contributed by atoms with Crippen molar-refractivity contribution in [3.05, 3.63) is 41.5 Å². The fraction of sp³-hybridized carbons (Fsp3) is 0.235. The number of ether oxygens (including phenoxy) is 3. The van der Waals surface area contributed by atoms with Gasteiger partial charge < -0.3 is 24.6 Å². The molecule has 118 valence electrons. The van der Waals surface area contributed by atoms with E-state index in [0.29, 0.717) is 22.9 Å². The van der Waals surface area contributed by atoms with Gasteiger partial charge in [0.15, 0.2) is 11.5 Å². The molecule has 4 rings (SSSR count). The number of phenols is 1. The zero-order valence-electron chi connectivity index (χ0n) is 12.3. The van der Waals surface area contributed by atoms with E-state index in [1.807, 2.05) is 24.3 Å². The van der Waals surface area contributed by atoms with Crippen LogP contribution in [0.5, 0.6) is 23.0 Å². The number of hydrogen-bond donors (Lipinski definition) is 2. The number of phenolic OH excluding ortho intramolecular Hbond substituents is 1. The van der Waals surface area contributed by atoms with E-state index in [1.165, 1.54) is 0 Å². The molecule has 2 aromatic carbocycles. The number of fused-ring (bicyclic) bond motifs is 2. The maximum atomic E-state index is 10.2. The molecular weight excluding hydrogens is 314 g/mol. The van der Waals surface area contributed by atoms with Crippen LogP contribution < -0.4 is 19.5 Å². The number of thiocarbonyl (C=S) groups is 1. The largest absolute Gasteiger partial charge is 0.507 e. The fourth-order valence-electron chi connectivity index (χ4n) is 2.74. The van der Waals surface area contributed by atoms with Gasteiger partial charge in [-0.05, 0) is 36.6 Å². The predicted octanol–water partition coefficient (Wildman–Crippen LogP) is 3.23. The second kappa shape index (κ2) is 5.62. The van der Waals surface area contributed by atoms with Gasteiger partial charge in [0.05, 0.1) is 12.2 Å². The first-order valence-corrected chi connectivity index (χ1v) is 7.81. The Labute approximate surface area is 138 Å². The molecule has 0 spiro atoms. The third-order valence-electron chi connectivity index (χ3n) is 3.90. The molecule has 0 aliphatic carbocycles. The Morgan fingerprint density at radius 2 is 1.91 bits per heavy atom. The smallest absolute Gasteiger partial charge is 0.231 e. The van der Waals surface area contributed by atoms with E-state index in [1.54, 1.807) is 6.07 Å². The minimum atomic E-state index is 0.115. The second-order valence-corrected chi connectivity index (χ2v) is 5.86. The molecule has 0 radical (unpaired) electrons. The average Bonchev–Trinajstić information content (AvgIpc) is 3.01. The lowest BCUT2D eigenvalue weighted by Crippen LogP contribution is -2.14. The van der Waals surface area contributed by atoms with Crippen molar-refractivity contribution in [2.45, 2.75) is 12.8 Å². The van der Waals surface area contributed by atoms with E-state index in [0.717, 1.165) is 35.6 Å². The van der Waals surface area contributed by atoms with Crippen molar-refractivity contribution < 1.29 is 19.3 Å². The van der Waals surface area contributed by atoms with Crippen LogP contribution in [-0.4, -0.2) is 23.5 Å². The molecule has 2 N–H and O–H groups in total. The van der Waals surface area contributed by atoms with Gasteiger partial charge in [-0.25, -0.2) is 0 Å². The van der Waals surface area contributed by atoms with Gasteiger partial charge in [-0.2, -0.15) is 0 Å². The van der Waals surface area contributed by atoms with Crippen LogP contribution in [0.2, 0.25) is 0 Å². The molecule has 0 saturated carbocycles. The summed E-state index contributed by atoms with van der Waals surface area (Å²) >= 11 is 5.44. The van der Waals surface area contributed by atoms with Gasteiger partial charge in [-0.1, -0.05) is 12.2 Å². The molecule has 0 fully saturated rings. The number of rotatable bonds is 2. The molecule has 6 heteroatoms. The molecule has 2 aliphatic heterocycles. The van der Waals surface area contributed by atoms with E-state index >= 15 is 0 Å². The summed E-state index contributed by atoms with van der Waals surface area (Å²) in [5.41, 5.74) is 2.45. The number of nitrogens with one attached hydrogen (secondary N) is 1. The zero-order chi connectivity index (χ0) is 15.8. The minimum absolute atomic E-state index is 0.115. The van der Waals surface area contributed by atoms with Crippen LogP contribution in [-0.2, 0) is 6.42 Å². The van der Waals surface area contributed by atoms with Crippen molar-refractivity contribution in [1.82, 2.24) is 0 Å². The quantitative estimate of drug-likeness (QED) is 0.825. The molecule has 0 atom stereocenters. The van der Waals surface area contributed by atoms with Crippen molar-refractivity contribution in [3.8, 4) is 23.0 Å². The summed E-state index contributed by atoms with van der Waals surface area (Å²) in [7, 11) is 0. The average molecular weight is 329 g/mol. The van der Waals surface area contributed by atoms with Crippen LogP contribution >= 0.6 is 12.2 Å². The Bertz CT molecular complexity index is 790. The standard InChI is InChI=1S/C17H15NO4S/c19-13-8-15-10(2-1-5-20-15)6-12(13)17(23)18-11-3-4-14-16(7-11)22-9-21-14/h3-4,6-8,19H,1-2,5,9H2,(H,18,23). The van der Waals surface area contributed by atoms with Crippen LogP contribution in [0.4, 0.5) is 5.69 Å². The topological polar surface area (TPSA) is 60.0 Å². The first-order valence-electron chi connectivity index (χ1n) is 7.40. The van der Waals surface area contributed by atoms with Crippen molar-refractivity contribution in [1.29, 1.82) is 0 Å². The molecule has 2 heterocycles. The normalized spacial score (nSPS) is 14.8. The molecule has 0 aromatic heterocycles. The number of aromatic hydroxyl groups is 1. The molecular formula is C17H15NO4S. The SMILES string of the molecule is Oc1cc2c(cc1C(=S)Nc1ccc3c(c1)OCO3)CCCO2. The highest BCUT2D eigenvalue weighted by Gasteiger charge is 2.18. The lowest BCUT2D eigenvalue weighted by atomic mass is 10.0. The molecule has 0 amide bonds. The summed E-state index contributed by atoms with van der Waals surface area (Å²) in [5, 5.41) is 13.3. The first-order chi connectivity index (χ1) is 11.2. The Morgan fingerprint density at radius 1 is 1.04 bits per heavy atom. The van der Waals surface area contributed by atoms with Crippen LogP contribution in [0.15, 0.2) is 30.3 Å². The third-order valence-corrected chi connectivity index (χ3v) is 4.22. The van der Waals surface area contributed by atoms with Gasteiger partial charge in [-0.3, -0.25) is 0 Å². The Hall–Kier alpha value is -2.47. The van der Waals surface area contributed by atoms with E-state index in [2.05, 4.69) is 5.32 Å². The number of anilines is 1. The van der Waals surface area contributed by atoms with Crippen LogP contribution in [0, 0.1) is 0 Å². The Balaban J connectivity index is 1.59. The van der Waals surface area contributed by atoms with Crippen LogP contribution in [0.3, 0.4) is 0 Å². The van der Waals surface area contributed by atoms with E-state index < -0.39 is 0 Å². The van der Waals surface area contributed by atoms with Crippen molar-refractivity contribution in [3.63, 3.8) is 0 Å². The van der Waals surface area contributed by atoms with E-state index in [4.69, 9.17) is 26.4 Å². The summed E-state index contributed by atoms with van der Waals surface area (Å²) < 4.78 is 16.2. The van der Waals surface area contributed by atoms with Crippen LogP contribution in [0.1, 0.15) is 17.5 Å². The zero-order valence-corrected chi connectivity index (χ0v) is 13.1. The van der Waals surface area contributed by atoms with Gasteiger partial charge in [0.25, 0.3) is 0 Å². The van der Waals surface area contributed by atoms with Gasteiger partial charge in [0.1, 0.15) is 16.5 Å². The molecule has 2 aliphatic rings. The maximum Gasteiger partial charge on any atom is 0.231 e. The minimum Gasteiger partial charge on any atom is -0.507 e. The van der Waals surface area contributed by atoms with Crippen molar-refractivity contribution >= 4 is 22.9 Å². The Kier molecular flexibility index (Phi) is 3.46. The fourth-order valence-corrected chi connectivity index (χ4v) is 3.02. The Morgan fingerprint density at radius 3 is 2.83 bits per heavy atom. The third kappa shape index (κ3) is 2.66.